The average molecular weight is 209 g/mol. The summed E-state index contributed by atoms with van der Waals surface area (Å²) in [5.74, 6) is 0. The number of halogens is 1. The Balaban J connectivity index is 2.56. The van der Waals surface area contributed by atoms with Crippen LogP contribution in [0.3, 0.4) is 0 Å². The van der Waals surface area contributed by atoms with Crippen LogP contribution in [0.1, 0.15) is 12.5 Å². The van der Waals surface area contributed by atoms with Gasteiger partial charge in [0, 0.05) is 5.02 Å². The number of rotatable bonds is 3. The van der Waals surface area contributed by atoms with E-state index >= 15 is 0 Å². The Morgan fingerprint density at radius 3 is 2.43 bits per heavy atom. The van der Waals surface area contributed by atoms with Crippen molar-refractivity contribution in [1.29, 1.82) is 0 Å². The summed E-state index contributed by atoms with van der Waals surface area (Å²) in [6, 6.07) is 7.57. The summed E-state index contributed by atoms with van der Waals surface area (Å²) in [4.78, 5) is 0. The fourth-order valence-electron chi connectivity index (χ4n) is 0.966. The maximum atomic E-state index is 8.95. The van der Waals surface area contributed by atoms with Crippen LogP contribution in [-0.2, 0) is 0 Å². The number of benzene rings is 1. The molecule has 1 aromatic rings. The zero-order valence-corrected chi connectivity index (χ0v) is 8.78. The summed E-state index contributed by atoms with van der Waals surface area (Å²) in [6.45, 7) is 1.71. The minimum Gasteiger partial charge on any atom is -0.389 e. The smallest absolute Gasteiger partial charge is 0.0695 e. The molecule has 1 nitrogen and oxygen atoms in total. The van der Waals surface area contributed by atoms with Gasteiger partial charge in [0.05, 0.1) is 6.10 Å². The summed E-state index contributed by atoms with van der Waals surface area (Å²) in [6.07, 6.45) is 6.97. The maximum Gasteiger partial charge on any atom is 0.0695 e. The number of hydrogen-bond donors (Lipinski definition) is 1. The van der Waals surface area contributed by atoms with E-state index in [1.54, 1.807) is 13.0 Å². The molecule has 74 valence electrons. The Morgan fingerprint density at radius 2 is 1.86 bits per heavy atom. The van der Waals surface area contributed by atoms with Crippen molar-refractivity contribution in [2.45, 2.75) is 13.0 Å². The van der Waals surface area contributed by atoms with Gasteiger partial charge in [-0.1, -0.05) is 48.0 Å². The molecule has 0 aliphatic heterocycles. The van der Waals surface area contributed by atoms with Crippen molar-refractivity contribution in [3.63, 3.8) is 0 Å². The molecule has 0 unspecified atom stereocenters. The molecule has 2 heteroatoms. The van der Waals surface area contributed by atoms with E-state index in [0.29, 0.717) is 0 Å². The van der Waals surface area contributed by atoms with E-state index in [4.69, 9.17) is 16.7 Å². The lowest BCUT2D eigenvalue weighted by Crippen LogP contribution is -1.90. The molecule has 0 bridgehead atoms. The van der Waals surface area contributed by atoms with Gasteiger partial charge in [-0.05, 0) is 24.6 Å². The Labute approximate surface area is 89.3 Å². The molecule has 0 saturated heterocycles. The van der Waals surface area contributed by atoms with Crippen molar-refractivity contribution < 1.29 is 5.11 Å². The molecular weight excluding hydrogens is 196 g/mol. The molecule has 0 aliphatic rings. The quantitative estimate of drug-likeness (QED) is 0.756. The lowest BCUT2D eigenvalue weighted by Gasteiger charge is -1.92. The molecule has 0 spiro atoms. The first kappa shape index (κ1) is 11.0. The topological polar surface area (TPSA) is 20.2 Å². The van der Waals surface area contributed by atoms with Gasteiger partial charge in [-0.15, -0.1) is 0 Å². The van der Waals surface area contributed by atoms with Gasteiger partial charge in [0.2, 0.25) is 0 Å². The Kier molecular flexibility index (Phi) is 4.44. The molecular formula is C12H13ClO. The number of hydrogen-bond acceptors (Lipinski definition) is 1. The molecule has 0 saturated carbocycles. The van der Waals surface area contributed by atoms with Crippen molar-refractivity contribution in [1.82, 2.24) is 0 Å². The zero-order valence-electron chi connectivity index (χ0n) is 8.02. The standard InChI is InChI=1S/C12H13ClO/c1-10(14)4-2-3-5-11-6-8-12(13)9-7-11/h2-10,14H,1H3/b4-2+,5-3+/t10-/m1/s1. The van der Waals surface area contributed by atoms with Crippen molar-refractivity contribution in [3.8, 4) is 0 Å². The third-order valence-electron chi connectivity index (χ3n) is 1.66. The largest absolute Gasteiger partial charge is 0.389 e. The van der Waals surface area contributed by atoms with Crippen LogP contribution in [-0.4, -0.2) is 11.2 Å². The Hall–Kier alpha value is -1.05. The van der Waals surface area contributed by atoms with Crippen molar-refractivity contribution in [2.24, 2.45) is 0 Å². The highest BCUT2D eigenvalue weighted by molar-refractivity contribution is 6.30. The molecule has 0 aromatic heterocycles. The Bertz CT molecular complexity index is 323. The molecule has 14 heavy (non-hydrogen) atoms. The van der Waals surface area contributed by atoms with Gasteiger partial charge < -0.3 is 5.11 Å². The minimum absolute atomic E-state index is 0.398. The monoisotopic (exact) mass is 208 g/mol. The molecule has 1 N–H and O–H groups in total. The summed E-state index contributed by atoms with van der Waals surface area (Å²) in [7, 11) is 0. The summed E-state index contributed by atoms with van der Waals surface area (Å²) in [5.41, 5.74) is 1.09. The Morgan fingerprint density at radius 1 is 1.21 bits per heavy atom. The number of allylic oxidation sites excluding steroid dienone is 2. The molecule has 0 heterocycles. The van der Waals surface area contributed by atoms with E-state index in [1.165, 1.54) is 0 Å². The molecule has 1 atom stereocenters. The van der Waals surface area contributed by atoms with Gasteiger partial charge >= 0.3 is 0 Å². The normalized spacial score (nSPS) is 13.9. The molecule has 1 aromatic carbocycles. The van der Waals surface area contributed by atoms with Crippen LogP contribution in [0.4, 0.5) is 0 Å². The van der Waals surface area contributed by atoms with Crippen molar-refractivity contribution >= 4 is 17.7 Å². The number of aliphatic hydroxyl groups is 1. The third-order valence-corrected chi connectivity index (χ3v) is 1.91. The van der Waals surface area contributed by atoms with Gasteiger partial charge in [0.25, 0.3) is 0 Å². The number of aliphatic hydroxyl groups excluding tert-OH is 1. The molecule has 0 fully saturated rings. The lowest BCUT2D eigenvalue weighted by atomic mass is 10.2. The SMILES string of the molecule is C[C@@H](O)/C=C/C=C/c1ccc(Cl)cc1. The predicted octanol–water partition coefficient (Wildman–Crippen LogP) is 3.29. The van der Waals surface area contributed by atoms with Crippen LogP contribution in [0.5, 0.6) is 0 Å². The van der Waals surface area contributed by atoms with E-state index in [2.05, 4.69) is 0 Å². The van der Waals surface area contributed by atoms with Crippen LogP contribution in [0.25, 0.3) is 6.08 Å². The van der Waals surface area contributed by atoms with Crippen molar-refractivity contribution in [2.75, 3.05) is 0 Å². The maximum absolute atomic E-state index is 8.95. The fraction of sp³-hybridized carbons (Fsp3) is 0.167. The van der Waals surface area contributed by atoms with Crippen LogP contribution < -0.4 is 0 Å². The highest BCUT2D eigenvalue weighted by Crippen LogP contribution is 2.10. The third kappa shape index (κ3) is 4.26. The second-order valence-electron chi connectivity index (χ2n) is 3.04. The molecule has 0 aliphatic carbocycles. The van der Waals surface area contributed by atoms with Crippen LogP contribution in [0.15, 0.2) is 42.5 Å². The van der Waals surface area contributed by atoms with Crippen LogP contribution in [0, 0.1) is 0 Å². The second kappa shape index (κ2) is 5.63. The van der Waals surface area contributed by atoms with Crippen LogP contribution in [0.2, 0.25) is 5.02 Å². The van der Waals surface area contributed by atoms with Gasteiger partial charge in [0.15, 0.2) is 0 Å². The highest BCUT2D eigenvalue weighted by atomic mass is 35.5. The first-order chi connectivity index (χ1) is 6.68. The van der Waals surface area contributed by atoms with Gasteiger partial charge in [-0.2, -0.15) is 0 Å². The van der Waals surface area contributed by atoms with E-state index in [1.807, 2.05) is 42.5 Å². The summed E-state index contributed by atoms with van der Waals surface area (Å²) in [5, 5.41) is 9.69. The lowest BCUT2D eigenvalue weighted by molar-refractivity contribution is 0.244. The van der Waals surface area contributed by atoms with Crippen molar-refractivity contribution in [3.05, 3.63) is 53.1 Å². The summed E-state index contributed by atoms with van der Waals surface area (Å²) < 4.78 is 0. The van der Waals surface area contributed by atoms with Gasteiger partial charge in [-0.25, -0.2) is 0 Å². The van der Waals surface area contributed by atoms with Gasteiger partial charge in [0.1, 0.15) is 0 Å². The second-order valence-corrected chi connectivity index (χ2v) is 3.47. The van der Waals surface area contributed by atoms with E-state index in [-0.39, 0.29) is 0 Å². The molecule has 0 radical (unpaired) electrons. The summed E-state index contributed by atoms with van der Waals surface area (Å²) >= 11 is 5.74. The fourth-order valence-corrected chi connectivity index (χ4v) is 1.09. The first-order valence-corrected chi connectivity index (χ1v) is 4.85. The van der Waals surface area contributed by atoms with E-state index < -0.39 is 6.10 Å². The molecule has 1 rings (SSSR count). The van der Waals surface area contributed by atoms with E-state index in [0.717, 1.165) is 10.6 Å². The highest BCUT2D eigenvalue weighted by Gasteiger charge is 1.86. The first-order valence-electron chi connectivity index (χ1n) is 4.47. The molecule has 0 amide bonds. The zero-order chi connectivity index (χ0) is 10.4. The minimum atomic E-state index is -0.398. The van der Waals surface area contributed by atoms with Gasteiger partial charge in [-0.3, -0.25) is 0 Å². The van der Waals surface area contributed by atoms with Crippen LogP contribution >= 0.6 is 11.6 Å². The average Bonchev–Trinajstić information content (AvgIpc) is 2.15. The predicted molar refractivity (Wildman–Crippen MR) is 61.3 cm³/mol. The van der Waals surface area contributed by atoms with E-state index in [9.17, 15) is 0 Å².